The summed E-state index contributed by atoms with van der Waals surface area (Å²) < 4.78 is 4.20. The molecule has 0 unspecified atom stereocenters. The van der Waals surface area contributed by atoms with Crippen molar-refractivity contribution in [3.8, 4) is 0 Å². The third kappa shape index (κ3) is 54.1. The lowest BCUT2D eigenvalue weighted by molar-refractivity contribution is -0.836. The van der Waals surface area contributed by atoms with Crippen LogP contribution >= 0.6 is 0 Å². The topological polar surface area (TPSA) is 65.7 Å². The number of nitrogens with one attached hydrogen (secondary N) is 1. The van der Waals surface area contributed by atoms with E-state index < -0.39 is 5.97 Å². The molecule has 0 aromatic heterocycles. The van der Waals surface area contributed by atoms with E-state index in [9.17, 15) is 4.79 Å². The van der Waals surface area contributed by atoms with Gasteiger partial charge in [0.25, 0.3) is 0 Å². The highest BCUT2D eigenvalue weighted by Crippen LogP contribution is 1.75. The number of esters is 1. The fraction of sp³-hybridized carbons (Fsp3) is 0.375. The predicted molar refractivity (Wildman–Crippen MR) is 50.2 cm³/mol. The Labute approximate surface area is 86.2 Å². The number of rotatable bonds is 2. The van der Waals surface area contributed by atoms with Gasteiger partial charge in [-0.1, -0.05) is 13.2 Å². The van der Waals surface area contributed by atoms with Crippen LogP contribution in [0.4, 0.5) is 0 Å². The van der Waals surface area contributed by atoms with Crippen LogP contribution < -0.4 is 23.5 Å². The second kappa shape index (κ2) is 17.3. The zero-order valence-electron chi connectivity index (χ0n) is 8.47. The first-order valence-electron chi connectivity index (χ1n) is 3.25. The van der Waals surface area contributed by atoms with E-state index in [-0.39, 0.29) is 18.6 Å². The number of halogens is 1. The van der Waals surface area contributed by atoms with Crippen molar-refractivity contribution < 1.29 is 26.8 Å². The monoisotopic (exact) mass is 210 g/mol. The van der Waals surface area contributed by atoms with Gasteiger partial charge in [-0.15, -0.1) is 0 Å². The van der Waals surface area contributed by atoms with E-state index in [0.717, 1.165) is 12.3 Å². The summed E-state index contributed by atoms with van der Waals surface area (Å²) in [5.74, 6) is -0.477. The highest BCUT2D eigenvalue weighted by Gasteiger charge is 1.84. The first-order valence-corrected chi connectivity index (χ1v) is 3.25. The highest BCUT2D eigenvalue weighted by molar-refractivity contribution is 5.81. The molecule has 0 rings (SSSR count). The average molecular weight is 211 g/mol. The molecule has 0 amide bonds. The Kier molecular flexibility index (Phi) is 30.3. The molecule has 80 valence electrons. The Morgan fingerprint density at radius 2 is 1.62 bits per heavy atom. The summed E-state index contributed by atoms with van der Waals surface area (Å²) in [4.78, 5) is 11.4. The Bertz CT molecular complexity index is 135. The molecule has 0 saturated heterocycles. The predicted octanol–water partition coefficient (Wildman–Crippen LogP) is -3.21. The number of quaternary nitrogens is 1. The first kappa shape index (κ1) is 22.7. The summed E-state index contributed by atoms with van der Waals surface area (Å²) >= 11 is 0. The Morgan fingerprint density at radius 1 is 1.31 bits per heavy atom. The van der Waals surface area contributed by atoms with E-state index in [1.807, 2.05) is 0 Å². The van der Waals surface area contributed by atoms with Gasteiger partial charge >= 0.3 is 5.97 Å². The summed E-state index contributed by atoms with van der Waals surface area (Å²) in [6.07, 6.45) is 2.13. The third-order valence-corrected chi connectivity index (χ3v) is 0.366. The van der Waals surface area contributed by atoms with Crippen LogP contribution in [0.5, 0.6) is 0 Å². The van der Waals surface area contributed by atoms with Gasteiger partial charge in [-0.3, -0.25) is 0 Å². The maximum absolute atomic E-state index is 10.0. The fourth-order valence-corrected chi connectivity index (χ4v) is 0.130. The molecule has 0 aromatic carbocycles. The van der Waals surface area contributed by atoms with Crippen LogP contribution in [0, 0.1) is 0 Å². The van der Waals surface area contributed by atoms with Gasteiger partial charge in [-0.2, -0.15) is 0 Å². The van der Waals surface area contributed by atoms with E-state index in [1.165, 1.54) is 4.90 Å². The van der Waals surface area contributed by atoms with Crippen molar-refractivity contribution in [1.29, 1.82) is 0 Å². The molecule has 13 heavy (non-hydrogen) atoms. The van der Waals surface area contributed by atoms with Crippen molar-refractivity contribution in [2.75, 3.05) is 21.1 Å². The van der Waals surface area contributed by atoms with Gasteiger partial charge in [-0.25, -0.2) is 4.79 Å². The molecule has 0 aromatic rings. The summed E-state index contributed by atoms with van der Waals surface area (Å²) in [5, 5.41) is 0. The van der Waals surface area contributed by atoms with Crippen molar-refractivity contribution in [3.63, 3.8) is 0 Å². The normalized spacial score (nSPS) is 6.46. The van der Waals surface area contributed by atoms with Crippen molar-refractivity contribution in [2.24, 2.45) is 0 Å². The van der Waals surface area contributed by atoms with Gasteiger partial charge in [0.2, 0.25) is 0 Å². The summed E-state index contributed by atoms with van der Waals surface area (Å²) in [7, 11) is 6.25. The number of carbonyl (C=O) groups is 1. The quantitative estimate of drug-likeness (QED) is 0.287. The third-order valence-electron chi connectivity index (χ3n) is 0.366. The molecule has 0 heterocycles. The standard InChI is InChI=1S/C5H6O2.C3H9N.ClH.H3N/c1-3-5(6)7-4-2;1-4(2)3;;/h3-4H,1-2H2;1-3H3;1H;1H3. The van der Waals surface area contributed by atoms with Crippen molar-refractivity contribution in [1.82, 2.24) is 6.15 Å². The zero-order chi connectivity index (χ0) is 9.28. The van der Waals surface area contributed by atoms with E-state index in [2.05, 4.69) is 39.0 Å². The van der Waals surface area contributed by atoms with Crippen molar-refractivity contribution >= 4 is 5.97 Å². The highest BCUT2D eigenvalue weighted by atomic mass is 35.5. The lowest BCUT2D eigenvalue weighted by Gasteiger charge is -1.88. The molecule has 0 bridgehead atoms. The van der Waals surface area contributed by atoms with Crippen LogP contribution in [0.3, 0.4) is 0 Å². The second-order valence-corrected chi connectivity index (χ2v) is 2.31. The van der Waals surface area contributed by atoms with Gasteiger partial charge in [0.1, 0.15) is 0 Å². The molecule has 5 heteroatoms. The Morgan fingerprint density at radius 3 is 1.69 bits per heavy atom. The van der Waals surface area contributed by atoms with Crippen LogP contribution in [0.2, 0.25) is 0 Å². The Balaban J connectivity index is -0.0000000600. The van der Waals surface area contributed by atoms with Gasteiger partial charge in [0.15, 0.2) is 0 Å². The minimum atomic E-state index is -0.477. The number of hydrogen-bond acceptors (Lipinski definition) is 3. The van der Waals surface area contributed by atoms with Crippen molar-refractivity contribution in [2.45, 2.75) is 0 Å². The second-order valence-electron chi connectivity index (χ2n) is 2.31. The minimum absolute atomic E-state index is 0. The molecule has 0 saturated carbocycles. The van der Waals surface area contributed by atoms with Crippen LogP contribution in [0.15, 0.2) is 25.5 Å². The molecule has 0 aliphatic rings. The molecule has 0 atom stereocenters. The molecule has 4 nitrogen and oxygen atoms in total. The first-order chi connectivity index (χ1) is 5.04. The van der Waals surface area contributed by atoms with E-state index in [0.29, 0.717) is 0 Å². The van der Waals surface area contributed by atoms with E-state index in [1.54, 1.807) is 0 Å². The summed E-state index contributed by atoms with van der Waals surface area (Å²) in [5.41, 5.74) is 0. The van der Waals surface area contributed by atoms with Gasteiger partial charge in [-0.05, 0) is 0 Å². The molecular formula is C8H19ClN2O2. The van der Waals surface area contributed by atoms with Gasteiger partial charge in [0.05, 0.1) is 27.4 Å². The summed E-state index contributed by atoms with van der Waals surface area (Å²) in [6, 6.07) is 0. The molecule has 0 aliphatic heterocycles. The lowest BCUT2D eigenvalue weighted by Crippen LogP contribution is -3.02. The molecule has 0 aliphatic carbocycles. The van der Waals surface area contributed by atoms with Crippen LogP contribution in [-0.4, -0.2) is 27.1 Å². The lowest BCUT2D eigenvalue weighted by atomic mass is 10.7. The minimum Gasteiger partial charge on any atom is -1.00 e. The van der Waals surface area contributed by atoms with E-state index in [4.69, 9.17) is 0 Å². The molecule has 4 N–H and O–H groups in total. The smallest absolute Gasteiger partial charge is 0.334 e. The largest absolute Gasteiger partial charge is 1.00 e. The zero-order valence-corrected chi connectivity index (χ0v) is 9.23. The van der Waals surface area contributed by atoms with E-state index >= 15 is 0 Å². The van der Waals surface area contributed by atoms with Crippen LogP contribution in [0.25, 0.3) is 0 Å². The Hall–Kier alpha value is -0.840. The van der Waals surface area contributed by atoms with Gasteiger partial charge < -0.3 is 28.2 Å². The average Bonchev–Trinajstić information content (AvgIpc) is 1.87. The van der Waals surface area contributed by atoms with Gasteiger partial charge in [0, 0.05) is 6.08 Å². The molecule has 0 fully saturated rings. The molecule has 0 radical (unpaired) electrons. The number of hydrogen-bond donors (Lipinski definition) is 2. The van der Waals surface area contributed by atoms with Crippen LogP contribution in [0.1, 0.15) is 0 Å². The molecule has 0 spiro atoms. The fourth-order valence-electron chi connectivity index (χ4n) is 0.130. The van der Waals surface area contributed by atoms with Crippen LogP contribution in [-0.2, 0) is 9.53 Å². The number of carbonyl (C=O) groups excluding carboxylic acids is 1. The maximum Gasteiger partial charge on any atom is 0.334 e. The summed E-state index contributed by atoms with van der Waals surface area (Å²) in [6.45, 7) is 6.31. The maximum atomic E-state index is 10.0. The van der Waals surface area contributed by atoms with Crippen molar-refractivity contribution in [3.05, 3.63) is 25.5 Å². The molecular weight excluding hydrogens is 192 g/mol. The SMILES string of the molecule is C=COC(=O)C=C.C[NH+](C)C.N.[Cl-]. The number of ether oxygens (including phenoxy) is 1.